The van der Waals surface area contributed by atoms with Crippen LogP contribution in [0, 0.1) is 34.1 Å². The molecule has 12 nitrogen and oxygen atoms in total. The summed E-state index contributed by atoms with van der Waals surface area (Å²) in [7, 11) is 0. The summed E-state index contributed by atoms with van der Waals surface area (Å²) >= 11 is 0. The molecule has 4 N–H and O–H groups in total. The fourth-order valence-electron chi connectivity index (χ4n) is 4.39. The van der Waals surface area contributed by atoms with E-state index in [0.717, 1.165) is 22.5 Å². The molecule has 0 aliphatic carbocycles. The number of aromatic amines is 2. The number of fused-ring (bicyclic) bond motifs is 2. The highest BCUT2D eigenvalue weighted by molar-refractivity contribution is 6.35. The smallest absolute Gasteiger partial charge is 0.270 e. The minimum absolute atomic E-state index is 0.0330. The Morgan fingerprint density at radius 3 is 1.38 bits per heavy atom. The average molecular weight is 539 g/mol. The number of carbonyl (C=O) groups is 2. The van der Waals surface area contributed by atoms with Crippen molar-refractivity contribution in [2.24, 2.45) is 0 Å². The molecular weight excluding hydrogens is 516 g/mol. The zero-order chi connectivity index (χ0) is 28.6. The molecule has 2 aromatic heterocycles. The van der Waals surface area contributed by atoms with Crippen LogP contribution in [0.2, 0.25) is 0 Å². The number of carbonyl (C=O) groups excluding carboxylic acids is 2. The van der Waals surface area contributed by atoms with E-state index in [4.69, 9.17) is 0 Å². The lowest BCUT2D eigenvalue weighted by Gasteiger charge is -1.99. The monoisotopic (exact) mass is 538 g/mol. The Morgan fingerprint density at radius 1 is 0.650 bits per heavy atom. The van der Waals surface area contributed by atoms with Gasteiger partial charge in [-0.1, -0.05) is 0 Å². The van der Waals surface area contributed by atoms with Crippen LogP contribution < -0.4 is 10.6 Å². The first-order valence-electron chi connectivity index (χ1n) is 12.0. The van der Waals surface area contributed by atoms with Crippen molar-refractivity contribution in [3.05, 3.63) is 115 Å². The van der Waals surface area contributed by atoms with Crippen molar-refractivity contribution < 1.29 is 19.4 Å². The van der Waals surface area contributed by atoms with Gasteiger partial charge >= 0.3 is 0 Å². The maximum absolute atomic E-state index is 12.0. The van der Waals surface area contributed by atoms with Gasteiger partial charge in [0.2, 0.25) is 0 Å². The number of aryl methyl sites for hydroxylation is 2. The number of hydrogen-bond acceptors (Lipinski definition) is 6. The largest absolute Gasteiger partial charge is 0.361 e. The molecule has 2 aliphatic rings. The number of H-pyrrole nitrogens is 2. The van der Waals surface area contributed by atoms with Crippen LogP contribution in [0.5, 0.6) is 0 Å². The Bertz CT molecular complexity index is 1650. The average Bonchev–Trinajstić information content (AvgIpc) is 3.67. The zero-order valence-electron chi connectivity index (χ0n) is 21.3. The third-order valence-electron chi connectivity index (χ3n) is 6.57. The molecule has 6 rings (SSSR count). The number of nitrogens with one attached hydrogen (secondary N) is 4. The summed E-state index contributed by atoms with van der Waals surface area (Å²) in [6.45, 7) is 3.84. The number of hydrogen-bond donors (Lipinski definition) is 4. The molecule has 0 saturated heterocycles. The van der Waals surface area contributed by atoms with Crippen molar-refractivity contribution in [2.75, 3.05) is 10.6 Å². The Labute approximate surface area is 226 Å². The summed E-state index contributed by atoms with van der Waals surface area (Å²) in [6.07, 6.45) is 6.98. The molecule has 40 heavy (non-hydrogen) atoms. The van der Waals surface area contributed by atoms with Crippen LogP contribution >= 0.6 is 0 Å². The van der Waals surface area contributed by atoms with Gasteiger partial charge in [0.1, 0.15) is 0 Å². The number of rotatable bonds is 4. The van der Waals surface area contributed by atoms with E-state index in [1.165, 1.54) is 24.3 Å². The van der Waals surface area contributed by atoms with Crippen LogP contribution in [-0.4, -0.2) is 31.6 Å². The van der Waals surface area contributed by atoms with Gasteiger partial charge in [-0.3, -0.25) is 29.8 Å². The summed E-state index contributed by atoms with van der Waals surface area (Å²) in [5.74, 6) is -0.510. The van der Waals surface area contributed by atoms with Crippen molar-refractivity contribution in [1.82, 2.24) is 9.97 Å². The number of anilines is 2. The second kappa shape index (κ2) is 10.2. The lowest BCUT2D eigenvalue weighted by molar-refractivity contribution is -0.385. The van der Waals surface area contributed by atoms with E-state index >= 15 is 0 Å². The molecule has 0 radical (unpaired) electrons. The van der Waals surface area contributed by atoms with E-state index in [9.17, 15) is 29.8 Å². The number of aromatic nitrogens is 2. The molecule has 0 unspecified atom stereocenters. The van der Waals surface area contributed by atoms with E-state index in [1.54, 1.807) is 36.7 Å². The fourth-order valence-corrected chi connectivity index (χ4v) is 4.39. The molecule has 2 aliphatic heterocycles. The Balaban J connectivity index is 0.000000161. The van der Waals surface area contributed by atoms with Gasteiger partial charge in [-0.15, -0.1) is 0 Å². The minimum atomic E-state index is -0.472. The Hall–Kier alpha value is -5.78. The van der Waals surface area contributed by atoms with Gasteiger partial charge in [-0.05, 0) is 61.4 Å². The van der Waals surface area contributed by atoms with Crippen LogP contribution in [0.3, 0.4) is 0 Å². The molecule has 2 aromatic carbocycles. The normalized spacial score (nSPS) is 15.2. The molecule has 0 bridgehead atoms. The number of amides is 2. The quantitative estimate of drug-likeness (QED) is 0.153. The first-order chi connectivity index (χ1) is 19.1. The molecule has 0 atom stereocenters. The van der Waals surface area contributed by atoms with Gasteiger partial charge in [-0.25, -0.2) is 0 Å². The van der Waals surface area contributed by atoms with Crippen LogP contribution in [0.25, 0.3) is 23.3 Å². The number of non-ortho nitro benzene ring substituents is 2. The number of nitro groups is 2. The minimum Gasteiger partial charge on any atom is -0.361 e. The number of nitrogens with zero attached hydrogens (tertiary/aromatic N) is 2. The third kappa shape index (κ3) is 4.88. The second-order valence-corrected chi connectivity index (χ2v) is 9.15. The molecule has 0 fully saturated rings. The molecule has 200 valence electrons. The number of benzene rings is 2. The summed E-state index contributed by atoms with van der Waals surface area (Å²) in [5, 5.41) is 27.1. The van der Waals surface area contributed by atoms with Crippen molar-refractivity contribution in [2.45, 2.75) is 13.8 Å². The van der Waals surface area contributed by atoms with Crippen LogP contribution in [0.15, 0.2) is 60.9 Å². The Morgan fingerprint density at radius 2 is 1.05 bits per heavy atom. The van der Waals surface area contributed by atoms with Crippen LogP contribution in [0.4, 0.5) is 22.7 Å². The SMILES string of the molecule is Cc1cc[nH]c1C=C1C(=O)Nc2ccc([N+](=O)[O-])cc21.Cc1cc[nH]c1C=C1C(=O)Nc2ccc([N+](=O)[O-])cc21. The lowest BCUT2D eigenvalue weighted by atomic mass is 10.0. The van der Waals surface area contributed by atoms with E-state index in [1.807, 2.05) is 26.0 Å². The van der Waals surface area contributed by atoms with Crippen LogP contribution in [-0.2, 0) is 9.59 Å². The van der Waals surface area contributed by atoms with Gasteiger partial charge < -0.3 is 20.6 Å². The van der Waals surface area contributed by atoms with Crippen molar-refractivity contribution >= 4 is 57.9 Å². The third-order valence-corrected chi connectivity index (χ3v) is 6.57. The molecular formula is C28H22N6O6. The summed E-state index contributed by atoms with van der Waals surface area (Å²) in [4.78, 5) is 50.8. The lowest BCUT2D eigenvalue weighted by Crippen LogP contribution is -2.03. The fraction of sp³-hybridized carbons (Fsp3) is 0.0714. The first kappa shape index (κ1) is 25.9. The topological polar surface area (TPSA) is 176 Å². The zero-order valence-corrected chi connectivity index (χ0v) is 21.3. The predicted octanol–water partition coefficient (Wildman–Crippen LogP) is 5.45. The molecule has 4 aromatic rings. The predicted molar refractivity (Wildman–Crippen MR) is 150 cm³/mol. The van der Waals surface area contributed by atoms with E-state index in [2.05, 4.69) is 20.6 Å². The van der Waals surface area contributed by atoms with E-state index < -0.39 is 9.85 Å². The van der Waals surface area contributed by atoms with Gasteiger partial charge in [0.25, 0.3) is 23.2 Å². The molecule has 2 amide bonds. The summed E-state index contributed by atoms with van der Waals surface area (Å²) < 4.78 is 0. The first-order valence-corrected chi connectivity index (χ1v) is 12.0. The van der Waals surface area contributed by atoms with Crippen molar-refractivity contribution in [1.29, 1.82) is 0 Å². The molecule has 4 heterocycles. The molecule has 0 spiro atoms. The summed E-state index contributed by atoms with van der Waals surface area (Å²) in [6, 6.07) is 12.5. The van der Waals surface area contributed by atoms with E-state index in [0.29, 0.717) is 33.6 Å². The van der Waals surface area contributed by atoms with Crippen molar-refractivity contribution in [3.63, 3.8) is 0 Å². The van der Waals surface area contributed by atoms with Crippen LogP contribution in [0.1, 0.15) is 33.6 Å². The van der Waals surface area contributed by atoms with Gasteiger partial charge in [-0.2, -0.15) is 0 Å². The maximum atomic E-state index is 12.0. The summed E-state index contributed by atoms with van der Waals surface area (Å²) in [5.41, 5.74) is 6.72. The van der Waals surface area contributed by atoms with E-state index in [-0.39, 0.29) is 23.2 Å². The highest BCUT2D eigenvalue weighted by Gasteiger charge is 2.27. The molecule has 0 saturated carbocycles. The van der Waals surface area contributed by atoms with Gasteiger partial charge in [0.05, 0.1) is 21.0 Å². The van der Waals surface area contributed by atoms with Gasteiger partial charge in [0.15, 0.2) is 0 Å². The highest BCUT2D eigenvalue weighted by Crippen LogP contribution is 2.37. The molecule has 12 heteroatoms. The Kier molecular flexibility index (Phi) is 6.58. The highest BCUT2D eigenvalue weighted by atomic mass is 16.6. The maximum Gasteiger partial charge on any atom is 0.270 e. The second-order valence-electron chi connectivity index (χ2n) is 9.15. The standard InChI is InChI=1S/2C14H11N3O3/c2*1-8-4-5-15-13(8)7-11-10-6-9(17(19)20)2-3-12(10)16-14(11)18/h2*2-7,15H,1H3,(H,16,18). The van der Waals surface area contributed by atoms with Crippen molar-refractivity contribution in [3.8, 4) is 0 Å². The van der Waals surface area contributed by atoms with Gasteiger partial charge in [0, 0.05) is 70.5 Å². The number of nitro benzene ring substituents is 2.